The molecule has 0 radical (unpaired) electrons. The molecule has 0 saturated carbocycles. The lowest BCUT2D eigenvalue weighted by atomic mass is 10.2. The predicted octanol–water partition coefficient (Wildman–Crippen LogP) is 8.66. The highest BCUT2D eigenvalue weighted by Gasteiger charge is 2.16. The van der Waals surface area contributed by atoms with Crippen molar-refractivity contribution in [2.24, 2.45) is 0 Å². The first kappa shape index (κ1) is 105. The topological polar surface area (TPSA) is 585 Å². The maximum absolute atomic E-state index is 11.4. The summed E-state index contributed by atoms with van der Waals surface area (Å²) in [5.74, 6) is -10.2. The van der Waals surface area contributed by atoms with Crippen LogP contribution in [0.2, 0.25) is 35.2 Å². The third-order valence-corrected chi connectivity index (χ3v) is 19.3. The van der Waals surface area contributed by atoms with E-state index in [-0.39, 0.29) is 47.9 Å². The van der Waals surface area contributed by atoms with E-state index in [2.05, 4.69) is 71.7 Å². The summed E-state index contributed by atoms with van der Waals surface area (Å²) in [6.45, 7) is -3.25. The average Bonchev–Trinajstić information content (AvgIpc) is 0.867. The number of halogens is 9. The number of hydrogen-bond acceptors (Lipinski definition) is 35. The van der Waals surface area contributed by atoms with Gasteiger partial charge in [0.25, 0.3) is 0 Å². The van der Waals surface area contributed by atoms with Crippen molar-refractivity contribution in [2.75, 3.05) is 86.5 Å². The van der Waals surface area contributed by atoms with Crippen LogP contribution in [0.25, 0.3) is 0 Å². The fraction of sp³-hybridized carbons (Fsp3) is 0.222. The monoisotopic (exact) mass is 2040 g/mol. The van der Waals surface area contributed by atoms with Crippen LogP contribution in [0, 0.1) is 3.57 Å². The van der Waals surface area contributed by atoms with E-state index < -0.39 is 199 Å². The molecule has 0 aliphatic carbocycles. The second-order valence-electron chi connectivity index (χ2n) is 20.6. The fourth-order valence-electron chi connectivity index (χ4n) is 6.55. The van der Waals surface area contributed by atoms with E-state index in [9.17, 15) is 124 Å². The van der Waals surface area contributed by atoms with Gasteiger partial charge in [-0.25, -0.2) is 92.5 Å². The quantitative estimate of drug-likeness (QED) is 0.0191. The van der Waals surface area contributed by atoms with Gasteiger partial charge in [0.1, 0.15) is 46.2 Å². The van der Waals surface area contributed by atoms with Gasteiger partial charge < -0.3 is 65.0 Å². The lowest BCUT2D eigenvalue weighted by Gasteiger charge is -2.08. The number of esters is 7. The molecule has 0 aromatic heterocycles. The Morgan fingerprint density at radius 1 is 0.272 bits per heavy atom. The Balaban J connectivity index is 0.000000665. The highest BCUT2D eigenvalue weighted by Crippen LogP contribution is 2.23. The van der Waals surface area contributed by atoms with Crippen molar-refractivity contribution in [3.63, 3.8) is 0 Å². The number of carbonyl (C=O) groups is 7. The molecule has 0 amide bonds. The number of rotatable bonds is 28. The Hall–Kier alpha value is -6.56. The van der Waals surface area contributed by atoms with Gasteiger partial charge in [0.05, 0.1) is 160 Å². The van der Waals surface area contributed by atoms with E-state index in [0.717, 1.165) is 8.04 Å². The number of benzene rings is 7. The standard InChI is InChI=1S/C9H9BrO5S.2C9H8Cl2O5S.3C9H9ClO5S.C9H9IO5S/c10-8-3-1-7(2-4-8)9(11)15-5-6-16(12,13)14;10-7-3-6(4-8(11)5-7)9(12)16-1-2-17(13,14)15;10-6-1-2-7(8(11)5-6)9(12)16-3-4-17(13,14)15;10-8-3-1-7(2-4-8)9(11)15-5-6-16(12,13)14;10-8-3-1-2-7(6-8)9(11)15-4-5-16(12,13)14;10-8-4-2-1-3-7(8)9(11)15-5-6-16(12,13)14;10-8-3-1-7(2-4-8)9(11)15-5-6-16(12,13)14/h1-4H,5-6H2,(H,12,13,14);3-5H,1-2H2,(H,13,14,15);1-2,5H,3-4H2,(H,13,14,15);1-4H,5-6H2,(H,12,13,14);1-3,6H,4-5H2,(H,12,13,14);2*1-4H,5-6H2,(H,12,13,14)/p-7. The highest BCUT2D eigenvalue weighted by molar-refractivity contribution is 14.1. The molecule has 0 bridgehead atoms. The maximum atomic E-state index is 11.4. The zero-order valence-corrected chi connectivity index (χ0v) is 71.7. The van der Waals surface area contributed by atoms with Crippen LogP contribution in [0.4, 0.5) is 0 Å². The zero-order valence-electron chi connectivity index (χ0n) is 57.0. The SMILES string of the molecule is O=C(OCCS(=O)(=O)[O-])c1cc(Cl)cc(Cl)c1.O=C(OCCS(=O)(=O)[O-])c1ccc(Br)cc1.O=C(OCCS(=O)(=O)[O-])c1ccc(Cl)cc1.O=C(OCCS(=O)(=O)[O-])c1ccc(Cl)cc1Cl.O=C(OCCS(=O)(=O)[O-])c1ccc(I)cc1.O=C(OCCS(=O)(=O)[O-])c1cccc(Cl)c1.O=C(OCCS(=O)(=O)[O-])c1ccccc1Cl. The summed E-state index contributed by atoms with van der Waals surface area (Å²) in [6, 6.07) is 39.2. The molecule has 35 nitrogen and oxygen atoms in total. The van der Waals surface area contributed by atoms with Gasteiger partial charge in [0.15, 0.2) is 0 Å². The lowest BCUT2D eigenvalue weighted by molar-refractivity contribution is 0.0518. The molecule has 114 heavy (non-hydrogen) atoms. The molecule has 7 aromatic rings. The van der Waals surface area contributed by atoms with E-state index >= 15 is 0 Å². The van der Waals surface area contributed by atoms with Crippen molar-refractivity contribution in [3.05, 3.63) is 240 Å². The molecule has 0 N–H and O–H groups in total. The summed E-state index contributed by atoms with van der Waals surface area (Å²) in [5.41, 5.74) is 1.34. The summed E-state index contributed by atoms with van der Waals surface area (Å²) in [7, 11) is -30.6. The molecule has 628 valence electrons. The number of hydrogen-bond donors (Lipinski definition) is 0. The third kappa shape index (κ3) is 53.6. The van der Waals surface area contributed by atoms with Crippen molar-refractivity contribution in [2.45, 2.75) is 0 Å². The van der Waals surface area contributed by atoms with Crippen LogP contribution in [0.1, 0.15) is 72.5 Å². The lowest BCUT2D eigenvalue weighted by Crippen LogP contribution is -2.15. The Kier molecular flexibility index (Phi) is 47.7. The van der Waals surface area contributed by atoms with Crippen LogP contribution in [-0.2, 0) is 104 Å². The summed E-state index contributed by atoms with van der Waals surface area (Å²) < 4.78 is 249. The molecule has 0 fully saturated rings. The molecule has 0 heterocycles. The van der Waals surface area contributed by atoms with E-state index in [1.165, 1.54) is 97.1 Å². The summed E-state index contributed by atoms with van der Waals surface area (Å²) >= 11 is 44.9. The van der Waals surface area contributed by atoms with Crippen LogP contribution in [0.3, 0.4) is 0 Å². The van der Waals surface area contributed by atoms with Crippen molar-refractivity contribution in [1.82, 2.24) is 0 Å². The second-order valence-corrected chi connectivity index (χ2v) is 36.4. The Morgan fingerprint density at radius 2 is 0.544 bits per heavy atom. The van der Waals surface area contributed by atoms with Gasteiger partial charge in [-0.2, -0.15) is 0 Å². The summed E-state index contributed by atoms with van der Waals surface area (Å²) in [4.78, 5) is 79.4. The zero-order chi connectivity index (χ0) is 87.0. The summed E-state index contributed by atoms with van der Waals surface area (Å²) in [5, 5.41) is 1.99. The Labute approximate surface area is 709 Å². The van der Waals surface area contributed by atoms with Crippen LogP contribution < -0.4 is 0 Å². The maximum Gasteiger partial charge on any atom is 0.339 e. The molecule has 51 heteroatoms. The molecular formula is C63H54BrCl7IO35S7-7. The van der Waals surface area contributed by atoms with Crippen molar-refractivity contribution >= 4 is 232 Å². The van der Waals surface area contributed by atoms with Crippen molar-refractivity contribution < 1.29 is 158 Å². The van der Waals surface area contributed by atoms with Gasteiger partial charge in [0.2, 0.25) is 0 Å². The predicted molar refractivity (Wildman–Crippen MR) is 415 cm³/mol. The van der Waals surface area contributed by atoms with Crippen LogP contribution in [0.15, 0.2) is 162 Å². The molecule has 7 aromatic carbocycles. The summed E-state index contributed by atoms with van der Waals surface area (Å²) in [6.07, 6.45) is 0. The highest BCUT2D eigenvalue weighted by atomic mass is 127. The van der Waals surface area contributed by atoms with E-state index in [1.54, 1.807) is 60.7 Å². The molecule has 7 rings (SSSR count). The van der Waals surface area contributed by atoms with Crippen molar-refractivity contribution in [1.29, 1.82) is 0 Å². The molecule has 0 aliphatic heterocycles. The van der Waals surface area contributed by atoms with Crippen LogP contribution >= 0.6 is 120 Å². The average molecular weight is 2050 g/mol. The van der Waals surface area contributed by atoms with Gasteiger partial charge in [-0.05, 0) is 162 Å². The Morgan fingerprint density at radius 3 is 0.868 bits per heavy atom. The van der Waals surface area contributed by atoms with Crippen LogP contribution in [0.5, 0.6) is 0 Å². The number of ether oxygens (including phenoxy) is 7. The third-order valence-electron chi connectivity index (χ3n) is 11.6. The smallest absolute Gasteiger partial charge is 0.339 e. The van der Waals surface area contributed by atoms with Crippen molar-refractivity contribution in [3.8, 4) is 0 Å². The minimum absolute atomic E-state index is 0.0550. The molecule has 0 aliphatic rings. The number of carbonyl (C=O) groups excluding carboxylic acids is 7. The first-order valence-electron chi connectivity index (χ1n) is 29.9. The van der Waals surface area contributed by atoms with E-state index in [0.29, 0.717) is 26.2 Å². The van der Waals surface area contributed by atoms with Gasteiger partial charge >= 0.3 is 41.8 Å². The first-order chi connectivity index (χ1) is 52.5. The van der Waals surface area contributed by atoms with Gasteiger partial charge in [0, 0.05) is 33.2 Å². The van der Waals surface area contributed by atoms with E-state index in [1.807, 2.05) is 0 Å². The Bertz CT molecular complexity index is 5020. The molecular weight excluding hydrogens is 2000 g/mol. The minimum Gasteiger partial charge on any atom is -0.748 e. The molecule has 0 unspecified atom stereocenters. The molecule has 0 spiro atoms. The molecule has 0 atom stereocenters. The largest absolute Gasteiger partial charge is 0.748 e. The first-order valence-corrected chi connectivity index (χ1v) is 45.5. The minimum atomic E-state index is -4.40. The van der Waals surface area contributed by atoms with E-state index in [4.69, 9.17) is 81.2 Å². The van der Waals surface area contributed by atoms with Gasteiger partial charge in [-0.1, -0.05) is 115 Å². The van der Waals surface area contributed by atoms with Crippen LogP contribution in [-0.4, -0.2) is 219 Å². The second kappa shape index (κ2) is 51.6. The normalized spacial score (nSPS) is 11.2. The van der Waals surface area contributed by atoms with Gasteiger partial charge in [-0.3, -0.25) is 0 Å². The van der Waals surface area contributed by atoms with Gasteiger partial charge in [-0.15, -0.1) is 0 Å². The fourth-order valence-corrected chi connectivity index (χ4v) is 10.7. The molecule has 0 saturated heterocycles.